The van der Waals surface area contributed by atoms with Crippen molar-refractivity contribution in [3.63, 3.8) is 0 Å². The van der Waals surface area contributed by atoms with Crippen LogP contribution < -0.4 is 10.3 Å². The Morgan fingerprint density at radius 2 is 1.88 bits per heavy atom. The third-order valence-corrected chi connectivity index (χ3v) is 4.24. The quantitative estimate of drug-likeness (QED) is 0.613. The number of pyridine rings is 1. The van der Waals surface area contributed by atoms with Crippen LogP contribution in [0.2, 0.25) is 0 Å². The van der Waals surface area contributed by atoms with E-state index in [2.05, 4.69) is 16.0 Å². The topological polar surface area (TPSA) is 59.9 Å². The minimum absolute atomic E-state index is 0.102. The van der Waals surface area contributed by atoms with Gasteiger partial charge in [-0.15, -0.1) is 0 Å². The fourth-order valence-corrected chi connectivity index (χ4v) is 2.90. The van der Waals surface area contributed by atoms with Gasteiger partial charge < -0.3 is 14.3 Å². The van der Waals surface area contributed by atoms with Crippen LogP contribution in [0.1, 0.15) is 11.1 Å². The summed E-state index contributed by atoms with van der Waals surface area (Å²) in [7, 11) is 1.65. The normalized spacial score (nSPS) is 11.7. The molecule has 0 aliphatic rings. The molecule has 0 amide bonds. The molecule has 0 fully saturated rings. The molecule has 2 aromatic heterocycles. The van der Waals surface area contributed by atoms with Gasteiger partial charge in [0.1, 0.15) is 5.75 Å². The number of nitrogens with zero attached hydrogens (tertiary/aromatic N) is 2. The molecule has 4 aromatic rings. The number of nitrogens with one attached hydrogen (secondary N) is 1. The standard InChI is InChI=1S/C21H17N3O2/c1-26-18-6-2-15(3-7-18)19(13-24-11-10-22-14-24)16-4-8-20-17(12-16)5-9-21(25)23-20/h2-14H,1H3,(H,23,25)/b19-13-. The number of imidazole rings is 1. The first-order valence-corrected chi connectivity index (χ1v) is 8.20. The van der Waals surface area contributed by atoms with Crippen molar-refractivity contribution in [3.8, 4) is 5.75 Å². The summed E-state index contributed by atoms with van der Waals surface area (Å²) in [6.45, 7) is 0. The summed E-state index contributed by atoms with van der Waals surface area (Å²) in [5, 5.41) is 0.979. The monoisotopic (exact) mass is 343 g/mol. The Balaban J connectivity index is 1.87. The van der Waals surface area contributed by atoms with Crippen molar-refractivity contribution in [1.82, 2.24) is 14.5 Å². The van der Waals surface area contributed by atoms with Crippen LogP contribution in [-0.2, 0) is 0 Å². The van der Waals surface area contributed by atoms with Crippen LogP contribution >= 0.6 is 0 Å². The van der Waals surface area contributed by atoms with E-state index in [0.717, 1.165) is 33.4 Å². The van der Waals surface area contributed by atoms with Crippen LogP contribution in [0.5, 0.6) is 5.75 Å². The van der Waals surface area contributed by atoms with Crippen LogP contribution in [-0.4, -0.2) is 21.6 Å². The first kappa shape index (κ1) is 15.9. The fraction of sp³-hybridized carbons (Fsp3) is 0.0476. The van der Waals surface area contributed by atoms with Crippen molar-refractivity contribution < 1.29 is 4.74 Å². The van der Waals surface area contributed by atoms with Crippen LogP contribution in [0.3, 0.4) is 0 Å². The molecule has 0 unspecified atom stereocenters. The van der Waals surface area contributed by atoms with Crippen LogP contribution in [0, 0.1) is 0 Å². The Hall–Kier alpha value is -3.60. The van der Waals surface area contributed by atoms with Gasteiger partial charge in [0.2, 0.25) is 5.56 Å². The zero-order valence-electron chi connectivity index (χ0n) is 14.2. The van der Waals surface area contributed by atoms with E-state index < -0.39 is 0 Å². The van der Waals surface area contributed by atoms with Crippen molar-refractivity contribution in [3.05, 3.63) is 94.8 Å². The van der Waals surface area contributed by atoms with Gasteiger partial charge in [-0.1, -0.05) is 18.2 Å². The van der Waals surface area contributed by atoms with Gasteiger partial charge in [0, 0.05) is 35.7 Å². The Kier molecular flexibility index (Phi) is 4.11. The lowest BCUT2D eigenvalue weighted by atomic mass is 9.97. The predicted octanol–water partition coefficient (Wildman–Crippen LogP) is 3.78. The number of aromatic amines is 1. The maximum Gasteiger partial charge on any atom is 0.248 e. The third-order valence-electron chi connectivity index (χ3n) is 4.24. The Morgan fingerprint density at radius 3 is 2.62 bits per heavy atom. The molecule has 26 heavy (non-hydrogen) atoms. The lowest BCUT2D eigenvalue weighted by Gasteiger charge is -2.11. The highest BCUT2D eigenvalue weighted by atomic mass is 16.5. The van der Waals surface area contributed by atoms with Crippen LogP contribution in [0.25, 0.3) is 22.7 Å². The number of H-pyrrole nitrogens is 1. The molecule has 2 heterocycles. The lowest BCUT2D eigenvalue weighted by molar-refractivity contribution is 0.415. The summed E-state index contributed by atoms with van der Waals surface area (Å²) in [6, 6.07) is 17.3. The first-order valence-electron chi connectivity index (χ1n) is 8.20. The Labute approximate surface area is 150 Å². The van der Waals surface area contributed by atoms with E-state index in [1.54, 1.807) is 25.7 Å². The van der Waals surface area contributed by atoms with Crippen molar-refractivity contribution in [2.75, 3.05) is 7.11 Å². The van der Waals surface area contributed by atoms with E-state index in [1.165, 1.54) is 0 Å². The van der Waals surface area contributed by atoms with E-state index in [0.29, 0.717) is 0 Å². The number of aromatic nitrogens is 3. The van der Waals surface area contributed by atoms with Gasteiger partial charge in [-0.05, 0) is 46.8 Å². The summed E-state index contributed by atoms with van der Waals surface area (Å²) in [4.78, 5) is 18.5. The smallest absolute Gasteiger partial charge is 0.248 e. The zero-order valence-corrected chi connectivity index (χ0v) is 14.2. The van der Waals surface area contributed by atoms with Crippen molar-refractivity contribution in [1.29, 1.82) is 0 Å². The minimum Gasteiger partial charge on any atom is -0.497 e. The van der Waals surface area contributed by atoms with Crippen molar-refractivity contribution >= 4 is 22.7 Å². The van der Waals surface area contributed by atoms with Gasteiger partial charge in [-0.25, -0.2) is 4.98 Å². The third kappa shape index (κ3) is 3.15. The molecule has 0 aliphatic heterocycles. The molecule has 1 N–H and O–H groups in total. The highest BCUT2D eigenvalue weighted by Gasteiger charge is 2.08. The summed E-state index contributed by atoms with van der Waals surface area (Å²) in [5.41, 5.74) is 3.86. The summed E-state index contributed by atoms with van der Waals surface area (Å²) in [5.74, 6) is 0.812. The second-order valence-corrected chi connectivity index (χ2v) is 5.91. The molecule has 0 aliphatic carbocycles. The molecule has 0 saturated carbocycles. The second kappa shape index (κ2) is 6.72. The Morgan fingerprint density at radius 1 is 1.08 bits per heavy atom. The fourth-order valence-electron chi connectivity index (χ4n) is 2.90. The molecule has 0 bridgehead atoms. The molecular weight excluding hydrogens is 326 g/mol. The highest BCUT2D eigenvalue weighted by molar-refractivity contribution is 5.91. The van der Waals surface area contributed by atoms with E-state index in [4.69, 9.17) is 4.74 Å². The second-order valence-electron chi connectivity index (χ2n) is 5.91. The molecule has 0 radical (unpaired) electrons. The molecule has 4 rings (SSSR count). The number of ether oxygens (including phenoxy) is 1. The molecule has 0 spiro atoms. The minimum atomic E-state index is -0.102. The van der Waals surface area contributed by atoms with Gasteiger partial charge in [-0.2, -0.15) is 0 Å². The number of hydrogen-bond acceptors (Lipinski definition) is 3. The van der Waals surface area contributed by atoms with E-state index >= 15 is 0 Å². The molecule has 5 nitrogen and oxygen atoms in total. The molecule has 5 heteroatoms. The van der Waals surface area contributed by atoms with Gasteiger partial charge in [-0.3, -0.25) is 4.79 Å². The number of fused-ring (bicyclic) bond motifs is 1. The van der Waals surface area contributed by atoms with E-state index in [9.17, 15) is 4.79 Å². The molecule has 128 valence electrons. The number of hydrogen-bond donors (Lipinski definition) is 1. The summed E-state index contributed by atoms with van der Waals surface area (Å²) in [6.07, 6.45) is 7.42. The number of benzene rings is 2. The predicted molar refractivity (Wildman–Crippen MR) is 103 cm³/mol. The van der Waals surface area contributed by atoms with Gasteiger partial charge >= 0.3 is 0 Å². The molecule has 2 aromatic carbocycles. The van der Waals surface area contributed by atoms with Gasteiger partial charge in [0.15, 0.2) is 0 Å². The SMILES string of the molecule is COc1ccc(/C(=C/n2ccnc2)c2ccc3[nH]c(=O)ccc3c2)cc1. The van der Waals surface area contributed by atoms with Crippen LogP contribution in [0.4, 0.5) is 0 Å². The van der Waals surface area contributed by atoms with E-state index in [1.807, 2.05) is 59.4 Å². The van der Waals surface area contributed by atoms with Gasteiger partial charge in [0.25, 0.3) is 0 Å². The number of rotatable bonds is 4. The average Bonchev–Trinajstić information content (AvgIpc) is 3.19. The molecule has 0 atom stereocenters. The average molecular weight is 343 g/mol. The summed E-state index contributed by atoms with van der Waals surface area (Å²) < 4.78 is 7.17. The van der Waals surface area contributed by atoms with E-state index in [-0.39, 0.29) is 5.56 Å². The first-order chi connectivity index (χ1) is 12.7. The maximum atomic E-state index is 11.5. The lowest BCUT2D eigenvalue weighted by Crippen LogP contribution is -2.02. The van der Waals surface area contributed by atoms with Crippen LogP contribution in [0.15, 0.2) is 78.1 Å². The molecular formula is C21H17N3O2. The highest BCUT2D eigenvalue weighted by Crippen LogP contribution is 2.28. The number of methoxy groups -OCH3 is 1. The molecule has 0 saturated heterocycles. The maximum absolute atomic E-state index is 11.5. The van der Waals surface area contributed by atoms with Gasteiger partial charge in [0.05, 0.1) is 13.4 Å². The summed E-state index contributed by atoms with van der Waals surface area (Å²) >= 11 is 0. The largest absolute Gasteiger partial charge is 0.497 e. The van der Waals surface area contributed by atoms with Crippen molar-refractivity contribution in [2.45, 2.75) is 0 Å². The zero-order chi connectivity index (χ0) is 17.9. The Bertz CT molecular complexity index is 1120. The van der Waals surface area contributed by atoms with Crippen molar-refractivity contribution in [2.24, 2.45) is 0 Å².